The summed E-state index contributed by atoms with van der Waals surface area (Å²) in [7, 11) is -2.04. The molecule has 7 heteroatoms. The summed E-state index contributed by atoms with van der Waals surface area (Å²) in [4.78, 5) is 0.101. The van der Waals surface area contributed by atoms with Crippen LogP contribution in [0.1, 0.15) is 17.5 Å². The summed E-state index contributed by atoms with van der Waals surface area (Å²) in [6.07, 6.45) is 0.795. The summed E-state index contributed by atoms with van der Waals surface area (Å²) in [6.45, 7) is 3.22. The van der Waals surface area contributed by atoms with Crippen molar-refractivity contribution in [2.75, 3.05) is 20.1 Å². The zero-order valence-corrected chi connectivity index (χ0v) is 13.1. The van der Waals surface area contributed by atoms with Crippen LogP contribution in [0, 0.1) is 18.3 Å². The van der Waals surface area contributed by atoms with Crippen molar-refractivity contribution in [1.29, 1.82) is 5.26 Å². The minimum atomic E-state index is -3.62. The zero-order valence-electron chi connectivity index (χ0n) is 11.5. The second-order valence-electron chi connectivity index (χ2n) is 4.73. The standard InChI is InChI=1S/C13H17N3O2S.ClH/c1-10-4-3-5-13(12(10)8-14)19(17,18)16(2)11-6-7-15-9-11;/h3-5,11,15H,6-7,9H2,1-2H3;1H. The molecule has 0 saturated carbocycles. The van der Waals surface area contributed by atoms with Crippen molar-refractivity contribution < 1.29 is 8.42 Å². The second kappa shape index (κ2) is 6.55. The Morgan fingerprint density at radius 2 is 2.15 bits per heavy atom. The van der Waals surface area contributed by atoms with Crippen LogP contribution in [0.3, 0.4) is 0 Å². The summed E-state index contributed by atoms with van der Waals surface area (Å²) < 4.78 is 26.6. The third-order valence-corrected chi connectivity index (χ3v) is 5.50. The molecule has 1 aliphatic heterocycles. The van der Waals surface area contributed by atoms with Crippen LogP contribution >= 0.6 is 12.4 Å². The van der Waals surface area contributed by atoms with Gasteiger partial charge in [0.05, 0.1) is 5.56 Å². The fourth-order valence-corrected chi connectivity index (χ4v) is 3.90. The van der Waals surface area contributed by atoms with Gasteiger partial charge < -0.3 is 5.32 Å². The van der Waals surface area contributed by atoms with Gasteiger partial charge in [-0.15, -0.1) is 12.4 Å². The molecule has 1 saturated heterocycles. The Bertz CT molecular complexity index is 619. The normalized spacial score (nSPS) is 18.6. The lowest BCUT2D eigenvalue weighted by molar-refractivity contribution is 0.387. The van der Waals surface area contributed by atoms with Gasteiger partial charge in [-0.25, -0.2) is 8.42 Å². The molecule has 0 radical (unpaired) electrons. The van der Waals surface area contributed by atoms with Crippen LogP contribution in [-0.2, 0) is 10.0 Å². The molecule has 0 bridgehead atoms. The first kappa shape index (κ1) is 16.9. The SMILES string of the molecule is Cc1cccc(S(=O)(=O)N(C)C2CCNC2)c1C#N.Cl. The molecule has 5 nitrogen and oxygen atoms in total. The van der Waals surface area contributed by atoms with Gasteiger partial charge in [0, 0.05) is 19.6 Å². The van der Waals surface area contributed by atoms with Gasteiger partial charge in [-0.05, 0) is 31.5 Å². The van der Waals surface area contributed by atoms with E-state index in [4.69, 9.17) is 5.26 Å². The molecule has 1 aromatic carbocycles. The van der Waals surface area contributed by atoms with Crippen LogP contribution < -0.4 is 5.32 Å². The quantitative estimate of drug-likeness (QED) is 0.911. The highest BCUT2D eigenvalue weighted by atomic mass is 35.5. The number of rotatable bonds is 3. The smallest absolute Gasteiger partial charge is 0.244 e. The van der Waals surface area contributed by atoms with Crippen molar-refractivity contribution in [3.63, 3.8) is 0 Å². The highest BCUT2D eigenvalue weighted by Crippen LogP contribution is 2.24. The highest BCUT2D eigenvalue weighted by molar-refractivity contribution is 7.89. The Labute approximate surface area is 126 Å². The number of sulfonamides is 1. The van der Waals surface area contributed by atoms with E-state index in [2.05, 4.69) is 5.32 Å². The number of hydrogen-bond donors (Lipinski definition) is 1. The van der Waals surface area contributed by atoms with Gasteiger partial charge >= 0.3 is 0 Å². The molecule has 1 heterocycles. The predicted molar refractivity (Wildman–Crippen MR) is 79.4 cm³/mol. The fraction of sp³-hybridized carbons (Fsp3) is 0.462. The molecule has 1 fully saturated rings. The number of nitriles is 1. The molecule has 1 atom stereocenters. The van der Waals surface area contributed by atoms with Gasteiger partial charge in [0.2, 0.25) is 10.0 Å². The molecule has 20 heavy (non-hydrogen) atoms. The molecule has 1 aliphatic rings. The lowest BCUT2D eigenvalue weighted by Gasteiger charge is -2.23. The van der Waals surface area contributed by atoms with E-state index in [1.54, 1.807) is 26.1 Å². The molecule has 0 aliphatic carbocycles. The Morgan fingerprint density at radius 3 is 2.70 bits per heavy atom. The minimum Gasteiger partial charge on any atom is -0.315 e. The van der Waals surface area contributed by atoms with E-state index >= 15 is 0 Å². The summed E-state index contributed by atoms with van der Waals surface area (Å²) in [5.41, 5.74) is 0.918. The van der Waals surface area contributed by atoms with E-state index in [1.807, 2.05) is 6.07 Å². The lowest BCUT2D eigenvalue weighted by atomic mass is 10.1. The largest absolute Gasteiger partial charge is 0.315 e. The van der Waals surface area contributed by atoms with Crippen LogP contribution in [0.15, 0.2) is 23.1 Å². The van der Waals surface area contributed by atoms with Crippen LogP contribution in [0.5, 0.6) is 0 Å². The average molecular weight is 316 g/mol. The summed E-state index contributed by atoms with van der Waals surface area (Å²) in [5.74, 6) is 0. The van der Waals surface area contributed by atoms with Crippen molar-refractivity contribution in [3.8, 4) is 6.07 Å². The maximum absolute atomic E-state index is 12.6. The number of nitrogens with one attached hydrogen (secondary N) is 1. The Morgan fingerprint density at radius 1 is 1.45 bits per heavy atom. The molecule has 2 rings (SSSR count). The first-order valence-electron chi connectivity index (χ1n) is 6.17. The molecule has 0 aromatic heterocycles. The Kier molecular flexibility index (Phi) is 5.54. The molecular weight excluding hydrogens is 298 g/mol. The van der Waals surface area contributed by atoms with Crippen LogP contribution in [0.25, 0.3) is 0 Å². The van der Waals surface area contributed by atoms with Gasteiger partial charge in [-0.1, -0.05) is 12.1 Å². The first-order chi connectivity index (χ1) is 8.98. The molecule has 0 amide bonds. The van der Waals surface area contributed by atoms with Gasteiger partial charge in [-0.2, -0.15) is 9.57 Å². The first-order valence-corrected chi connectivity index (χ1v) is 7.61. The number of hydrogen-bond acceptors (Lipinski definition) is 4. The number of halogens is 1. The van der Waals surface area contributed by atoms with E-state index < -0.39 is 10.0 Å². The third kappa shape index (κ3) is 2.96. The fourth-order valence-electron chi connectivity index (χ4n) is 2.30. The van der Waals surface area contributed by atoms with Crippen molar-refractivity contribution >= 4 is 22.4 Å². The van der Waals surface area contributed by atoms with Crippen molar-refractivity contribution in [1.82, 2.24) is 9.62 Å². The molecule has 110 valence electrons. The molecule has 1 unspecified atom stereocenters. The van der Waals surface area contributed by atoms with E-state index in [0.717, 1.165) is 13.0 Å². The number of aryl methyl sites for hydroxylation is 1. The van der Waals surface area contributed by atoms with E-state index in [9.17, 15) is 8.42 Å². The van der Waals surface area contributed by atoms with Gasteiger partial charge in [0.1, 0.15) is 11.0 Å². The second-order valence-corrected chi connectivity index (χ2v) is 6.69. The maximum atomic E-state index is 12.6. The molecule has 1 N–H and O–H groups in total. The van der Waals surface area contributed by atoms with Crippen molar-refractivity contribution in [3.05, 3.63) is 29.3 Å². The molecule has 1 aromatic rings. The Hall–Kier alpha value is -1.13. The van der Waals surface area contributed by atoms with E-state index in [0.29, 0.717) is 12.1 Å². The maximum Gasteiger partial charge on any atom is 0.244 e. The van der Waals surface area contributed by atoms with Crippen LogP contribution in [-0.4, -0.2) is 38.9 Å². The Balaban J connectivity index is 0.00000200. The summed E-state index contributed by atoms with van der Waals surface area (Å²) >= 11 is 0. The summed E-state index contributed by atoms with van der Waals surface area (Å²) in [6, 6.07) is 6.86. The summed E-state index contributed by atoms with van der Waals surface area (Å²) in [5, 5.41) is 12.3. The monoisotopic (exact) mass is 315 g/mol. The topological polar surface area (TPSA) is 73.2 Å². The average Bonchev–Trinajstić information content (AvgIpc) is 2.91. The number of likely N-dealkylation sites (N-methyl/N-ethyl adjacent to an activating group) is 1. The third-order valence-electron chi connectivity index (χ3n) is 3.55. The number of nitrogens with zero attached hydrogens (tertiary/aromatic N) is 2. The highest BCUT2D eigenvalue weighted by Gasteiger charge is 2.31. The van der Waals surface area contributed by atoms with Gasteiger partial charge in [-0.3, -0.25) is 0 Å². The zero-order chi connectivity index (χ0) is 14.0. The van der Waals surface area contributed by atoms with Crippen molar-refractivity contribution in [2.24, 2.45) is 0 Å². The van der Waals surface area contributed by atoms with Crippen LogP contribution in [0.2, 0.25) is 0 Å². The van der Waals surface area contributed by atoms with Gasteiger partial charge in [0.25, 0.3) is 0 Å². The minimum absolute atomic E-state index is 0. The molecule has 0 spiro atoms. The molecular formula is C13H18ClN3O2S. The predicted octanol–water partition coefficient (Wildman–Crippen LogP) is 1.27. The van der Waals surface area contributed by atoms with Crippen molar-refractivity contribution in [2.45, 2.75) is 24.3 Å². The van der Waals surface area contributed by atoms with E-state index in [-0.39, 0.29) is 28.9 Å². The van der Waals surface area contributed by atoms with Gasteiger partial charge in [0.15, 0.2) is 0 Å². The number of benzene rings is 1. The lowest BCUT2D eigenvalue weighted by Crippen LogP contribution is -2.38. The van der Waals surface area contributed by atoms with Crippen LogP contribution in [0.4, 0.5) is 0 Å². The van der Waals surface area contributed by atoms with E-state index in [1.165, 1.54) is 10.4 Å².